The predicted molar refractivity (Wildman–Crippen MR) is 96.3 cm³/mol. The van der Waals surface area contributed by atoms with Crippen molar-refractivity contribution >= 4 is 5.97 Å². The highest BCUT2D eigenvalue weighted by atomic mass is 16.5. The molecular weight excluding hydrogens is 318 g/mol. The molecule has 0 fully saturated rings. The molecule has 0 bridgehead atoms. The lowest BCUT2D eigenvalue weighted by Crippen LogP contribution is -2.45. The standard InChI is InChI=1S/C20H25NO4/c22-13-11-21(12-14-25-16-18-9-5-2-6-10-18)19(20(23)24)15-17-7-3-1-4-8-17/h1-10,19,22H,11-16H2,(H,23,24). The summed E-state index contributed by atoms with van der Waals surface area (Å²) < 4.78 is 5.66. The fourth-order valence-electron chi connectivity index (χ4n) is 2.71. The predicted octanol–water partition coefficient (Wildman–Crippen LogP) is 2.19. The number of benzene rings is 2. The van der Waals surface area contributed by atoms with Gasteiger partial charge >= 0.3 is 5.97 Å². The highest BCUT2D eigenvalue weighted by molar-refractivity contribution is 5.74. The third-order valence-electron chi connectivity index (χ3n) is 4.02. The van der Waals surface area contributed by atoms with Gasteiger partial charge in [0.1, 0.15) is 6.04 Å². The van der Waals surface area contributed by atoms with E-state index in [4.69, 9.17) is 4.74 Å². The van der Waals surface area contributed by atoms with E-state index >= 15 is 0 Å². The summed E-state index contributed by atoms with van der Waals surface area (Å²) in [5.74, 6) is -0.889. The van der Waals surface area contributed by atoms with E-state index in [0.29, 0.717) is 32.7 Å². The third-order valence-corrected chi connectivity index (χ3v) is 4.02. The first-order chi connectivity index (χ1) is 12.2. The van der Waals surface area contributed by atoms with E-state index in [2.05, 4.69) is 0 Å². The molecule has 0 spiro atoms. The van der Waals surface area contributed by atoms with Crippen LogP contribution in [0.2, 0.25) is 0 Å². The van der Waals surface area contributed by atoms with Gasteiger partial charge in [0.15, 0.2) is 0 Å². The van der Waals surface area contributed by atoms with Crippen LogP contribution in [0.4, 0.5) is 0 Å². The molecule has 2 aromatic carbocycles. The number of ether oxygens (including phenoxy) is 1. The van der Waals surface area contributed by atoms with Crippen LogP contribution in [0, 0.1) is 0 Å². The Kier molecular flexibility index (Phi) is 8.12. The maximum Gasteiger partial charge on any atom is 0.321 e. The summed E-state index contributed by atoms with van der Waals surface area (Å²) in [6.45, 7) is 1.57. The zero-order valence-electron chi connectivity index (χ0n) is 14.3. The number of carboxylic acids is 1. The van der Waals surface area contributed by atoms with Crippen LogP contribution >= 0.6 is 0 Å². The summed E-state index contributed by atoms with van der Waals surface area (Å²) in [5, 5.41) is 18.9. The molecule has 0 heterocycles. The highest BCUT2D eigenvalue weighted by Crippen LogP contribution is 2.10. The minimum absolute atomic E-state index is 0.0861. The Bertz CT molecular complexity index is 618. The Hall–Kier alpha value is -2.21. The van der Waals surface area contributed by atoms with Crippen LogP contribution in [0.3, 0.4) is 0 Å². The van der Waals surface area contributed by atoms with E-state index in [1.54, 1.807) is 4.90 Å². The molecule has 2 aromatic rings. The van der Waals surface area contributed by atoms with Gasteiger partial charge in [0, 0.05) is 13.1 Å². The molecule has 0 aliphatic heterocycles. The first kappa shape index (κ1) is 19.1. The second-order valence-electron chi connectivity index (χ2n) is 5.84. The highest BCUT2D eigenvalue weighted by Gasteiger charge is 2.25. The van der Waals surface area contributed by atoms with Gasteiger partial charge in [-0.3, -0.25) is 9.69 Å². The number of aliphatic hydroxyl groups excluding tert-OH is 1. The average molecular weight is 343 g/mol. The third kappa shape index (κ3) is 6.66. The molecule has 0 saturated carbocycles. The minimum atomic E-state index is -0.889. The first-order valence-electron chi connectivity index (χ1n) is 8.44. The van der Waals surface area contributed by atoms with Gasteiger partial charge in [-0.2, -0.15) is 0 Å². The van der Waals surface area contributed by atoms with Crippen LogP contribution in [0.15, 0.2) is 60.7 Å². The Morgan fingerprint density at radius 1 is 0.960 bits per heavy atom. The Morgan fingerprint density at radius 3 is 2.12 bits per heavy atom. The van der Waals surface area contributed by atoms with Crippen molar-refractivity contribution in [3.05, 3.63) is 71.8 Å². The van der Waals surface area contributed by atoms with E-state index in [-0.39, 0.29) is 6.61 Å². The maximum absolute atomic E-state index is 11.7. The van der Waals surface area contributed by atoms with Gasteiger partial charge < -0.3 is 14.9 Å². The number of carbonyl (C=O) groups is 1. The fraction of sp³-hybridized carbons (Fsp3) is 0.350. The van der Waals surface area contributed by atoms with E-state index in [1.807, 2.05) is 60.7 Å². The molecular formula is C20H25NO4. The Morgan fingerprint density at radius 2 is 1.56 bits per heavy atom. The van der Waals surface area contributed by atoms with Crippen LogP contribution in [-0.4, -0.2) is 53.4 Å². The summed E-state index contributed by atoms with van der Waals surface area (Å²) in [4.78, 5) is 13.5. The zero-order chi connectivity index (χ0) is 17.9. The van der Waals surface area contributed by atoms with E-state index < -0.39 is 12.0 Å². The molecule has 2 N–H and O–H groups in total. The average Bonchev–Trinajstić information content (AvgIpc) is 2.64. The van der Waals surface area contributed by atoms with Crippen molar-refractivity contribution < 1.29 is 19.7 Å². The van der Waals surface area contributed by atoms with E-state index in [1.165, 1.54) is 0 Å². The summed E-state index contributed by atoms with van der Waals surface area (Å²) >= 11 is 0. The number of aliphatic hydroxyl groups is 1. The Labute approximate surface area is 148 Å². The van der Waals surface area contributed by atoms with Crippen molar-refractivity contribution in [1.82, 2.24) is 4.90 Å². The molecule has 0 aliphatic carbocycles. The van der Waals surface area contributed by atoms with Crippen LogP contribution < -0.4 is 0 Å². The van der Waals surface area contributed by atoms with Crippen molar-refractivity contribution in [2.45, 2.75) is 19.1 Å². The first-order valence-corrected chi connectivity index (χ1v) is 8.44. The van der Waals surface area contributed by atoms with Crippen molar-refractivity contribution in [3.63, 3.8) is 0 Å². The van der Waals surface area contributed by atoms with Crippen LogP contribution in [0.1, 0.15) is 11.1 Å². The number of nitrogens with zero attached hydrogens (tertiary/aromatic N) is 1. The van der Waals surface area contributed by atoms with Gasteiger partial charge in [0.25, 0.3) is 0 Å². The second-order valence-corrected chi connectivity index (χ2v) is 5.84. The monoisotopic (exact) mass is 343 g/mol. The van der Waals surface area contributed by atoms with Gasteiger partial charge in [-0.25, -0.2) is 0 Å². The van der Waals surface area contributed by atoms with Crippen molar-refractivity contribution in [1.29, 1.82) is 0 Å². The number of aliphatic carboxylic acids is 1. The van der Waals surface area contributed by atoms with Gasteiger partial charge in [-0.1, -0.05) is 60.7 Å². The fourth-order valence-corrected chi connectivity index (χ4v) is 2.71. The summed E-state index contributed by atoms with van der Waals surface area (Å²) in [6.07, 6.45) is 0.398. The van der Waals surface area contributed by atoms with Gasteiger partial charge in [0.2, 0.25) is 0 Å². The SMILES string of the molecule is O=C(O)C(Cc1ccccc1)N(CCO)CCOCc1ccccc1. The molecule has 0 aromatic heterocycles. The molecule has 5 heteroatoms. The number of carboxylic acid groups (broad SMARTS) is 1. The Balaban J connectivity index is 1.90. The van der Waals surface area contributed by atoms with Crippen LogP contribution in [-0.2, 0) is 22.6 Å². The van der Waals surface area contributed by atoms with Gasteiger partial charge in [-0.15, -0.1) is 0 Å². The molecule has 0 aliphatic rings. The smallest absolute Gasteiger partial charge is 0.321 e. The number of hydrogen-bond donors (Lipinski definition) is 2. The second kappa shape index (κ2) is 10.6. The summed E-state index contributed by atoms with van der Waals surface area (Å²) in [7, 11) is 0. The molecule has 1 atom stereocenters. The number of hydrogen-bond acceptors (Lipinski definition) is 4. The van der Waals surface area contributed by atoms with Gasteiger partial charge in [-0.05, 0) is 17.5 Å². The van der Waals surface area contributed by atoms with Crippen molar-refractivity contribution in [2.24, 2.45) is 0 Å². The van der Waals surface area contributed by atoms with E-state index in [9.17, 15) is 15.0 Å². The molecule has 1 unspecified atom stereocenters. The zero-order valence-corrected chi connectivity index (χ0v) is 14.3. The van der Waals surface area contributed by atoms with Crippen LogP contribution in [0.5, 0.6) is 0 Å². The molecule has 5 nitrogen and oxygen atoms in total. The normalized spacial score (nSPS) is 12.2. The number of rotatable bonds is 11. The maximum atomic E-state index is 11.7. The van der Waals surface area contributed by atoms with Crippen LogP contribution in [0.25, 0.3) is 0 Å². The molecule has 134 valence electrons. The lowest BCUT2D eigenvalue weighted by atomic mass is 10.0. The summed E-state index contributed by atoms with van der Waals surface area (Å²) in [6, 6.07) is 18.7. The topological polar surface area (TPSA) is 70.0 Å². The van der Waals surface area contributed by atoms with Gasteiger partial charge in [0.05, 0.1) is 19.8 Å². The van der Waals surface area contributed by atoms with E-state index in [0.717, 1.165) is 11.1 Å². The molecule has 0 amide bonds. The molecule has 2 rings (SSSR count). The molecule has 0 saturated heterocycles. The minimum Gasteiger partial charge on any atom is -0.480 e. The summed E-state index contributed by atoms with van der Waals surface area (Å²) in [5.41, 5.74) is 2.04. The molecule has 0 radical (unpaired) electrons. The molecule has 25 heavy (non-hydrogen) atoms. The van der Waals surface area contributed by atoms with Crippen molar-refractivity contribution in [2.75, 3.05) is 26.3 Å². The lowest BCUT2D eigenvalue weighted by molar-refractivity contribution is -0.143. The quantitative estimate of drug-likeness (QED) is 0.612. The largest absolute Gasteiger partial charge is 0.480 e. The lowest BCUT2D eigenvalue weighted by Gasteiger charge is -2.28. The van der Waals surface area contributed by atoms with Crippen molar-refractivity contribution in [3.8, 4) is 0 Å².